The van der Waals surface area contributed by atoms with E-state index in [4.69, 9.17) is 15.7 Å². The van der Waals surface area contributed by atoms with Gasteiger partial charge in [0.05, 0.1) is 42.6 Å². The third-order valence-corrected chi connectivity index (χ3v) is 4.84. The molecule has 162 valence electrons. The van der Waals surface area contributed by atoms with Crippen molar-refractivity contribution in [3.8, 4) is 11.8 Å². The fourth-order valence-corrected chi connectivity index (χ4v) is 2.89. The number of aliphatic hydroxyl groups excluding tert-OH is 2. The van der Waals surface area contributed by atoms with Crippen molar-refractivity contribution in [3.05, 3.63) is 64.7 Å². The fraction of sp³-hybridized carbons (Fsp3) is 0.409. The first-order chi connectivity index (χ1) is 14.2. The summed E-state index contributed by atoms with van der Waals surface area (Å²) in [5.41, 5.74) is 5.59. The molecule has 0 atom stereocenters. The van der Waals surface area contributed by atoms with Crippen LogP contribution in [0.4, 0.5) is 13.2 Å². The van der Waals surface area contributed by atoms with Gasteiger partial charge in [0.2, 0.25) is 0 Å². The highest BCUT2D eigenvalue weighted by atomic mass is 19.4. The molecule has 0 fully saturated rings. The van der Waals surface area contributed by atoms with E-state index in [-0.39, 0.29) is 25.2 Å². The van der Waals surface area contributed by atoms with Crippen LogP contribution in [0, 0.1) is 11.3 Å². The maximum absolute atomic E-state index is 13.5. The van der Waals surface area contributed by atoms with Crippen LogP contribution in [0.25, 0.3) is 0 Å². The second kappa shape index (κ2) is 10.4. The molecule has 2 aromatic rings. The molecule has 8 heteroatoms. The number of nitrogens with zero attached hydrogens (tertiary/aromatic N) is 1. The molecule has 2 aromatic carbocycles. The summed E-state index contributed by atoms with van der Waals surface area (Å²) in [5.74, 6) is -0.241. The van der Waals surface area contributed by atoms with Gasteiger partial charge < -0.3 is 20.7 Å². The lowest BCUT2D eigenvalue weighted by Crippen LogP contribution is -2.47. The molecule has 0 saturated carbocycles. The lowest BCUT2D eigenvalue weighted by Gasteiger charge is -2.24. The Hall–Kier alpha value is -2.60. The van der Waals surface area contributed by atoms with Crippen LogP contribution in [0.3, 0.4) is 0 Å². The number of hydrogen-bond acceptors (Lipinski definition) is 5. The Bertz CT molecular complexity index is 857. The molecule has 4 N–H and O–H groups in total. The Morgan fingerprint density at radius 1 is 0.967 bits per heavy atom. The number of nitrogens with two attached hydrogens (primary N) is 1. The largest absolute Gasteiger partial charge is 0.493 e. The average Bonchev–Trinajstić information content (AvgIpc) is 2.75. The van der Waals surface area contributed by atoms with E-state index in [1.165, 1.54) is 12.1 Å². The molecule has 0 aromatic heterocycles. The van der Waals surface area contributed by atoms with Crippen molar-refractivity contribution in [3.63, 3.8) is 0 Å². The van der Waals surface area contributed by atoms with Crippen LogP contribution in [0.1, 0.15) is 35.1 Å². The molecule has 0 aliphatic rings. The lowest BCUT2D eigenvalue weighted by atomic mass is 9.93. The molecule has 30 heavy (non-hydrogen) atoms. The monoisotopic (exact) mass is 422 g/mol. The number of rotatable bonds is 10. The summed E-state index contributed by atoms with van der Waals surface area (Å²) >= 11 is 0. The minimum Gasteiger partial charge on any atom is -0.493 e. The fourth-order valence-electron chi connectivity index (χ4n) is 2.89. The van der Waals surface area contributed by atoms with E-state index in [1.807, 2.05) is 18.2 Å². The summed E-state index contributed by atoms with van der Waals surface area (Å²) in [6, 6.07) is 12.9. The Kier molecular flexibility index (Phi) is 8.24. The maximum atomic E-state index is 13.5. The predicted molar refractivity (Wildman–Crippen MR) is 106 cm³/mol. The quantitative estimate of drug-likeness (QED) is 0.511. The molecule has 0 unspecified atom stereocenters. The molecule has 0 amide bonds. The van der Waals surface area contributed by atoms with E-state index in [2.05, 4.69) is 0 Å². The minimum atomic E-state index is -4.58. The second-order valence-corrected chi connectivity index (χ2v) is 7.27. The van der Waals surface area contributed by atoms with Gasteiger partial charge in [-0.3, -0.25) is 0 Å². The molecule has 0 radical (unpaired) electrons. The summed E-state index contributed by atoms with van der Waals surface area (Å²) < 4.78 is 45.8. The predicted octanol–water partition coefficient (Wildman–Crippen LogP) is 3.20. The van der Waals surface area contributed by atoms with Crippen LogP contribution < -0.4 is 10.5 Å². The van der Waals surface area contributed by atoms with E-state index in [0.29, 0.717) is 24.0 Å². The molecule has 0 saturated heterocycles. The third kappa shape index (κ3) is 6.73. The van der Waals surface area contributed by atoms with E-state index >= 15 is 0 Å². The first kappa shape index (κ1) is 23.7. The van der Waals surface area contributed by atoms with Gasteiger partial charge in [0.25, 0.3) is 0 Å². The maximum Gasteiger partial charge on any atom is 0.419 e. The van der Waals surface area contributed by atoms with Crippen LogP contribution in [-0.4, -0.2) is 35.6 Å². The third-order valence-electron chi connectivity index (χ3n) is 4.84. The van der Waals surface area contributed by atoms with Crippen molar-refractivity contribution in [2.75, 3.05) is 19.8 Å². The van der Waals surface area contributed by atoms with Gasteiger partial charge in [0, 0.05) is 0 Å². The zero-order chi connectivity index (χ0) is 22.2. The summed E-state index contributed by atoms with van der Waals surface area (Å²) in [7, 11) is 0. The van der Waals surface area contributed by atoms with E-state index in [1.54, 1.807) is 12.1 Å². The van der Waals surface area contributed by atoms with Crippen molar-refractivity contribution in [1.29, 1.82) is 5.26 Å². The van der Waals surface area contributed by atoms with Gasteiger partial charge in [-0.2, -0.15) is 18.4 Å². The molecule has 0 heterocycles. The summed E-state index contributed by atoms with van der Waals surface area (Å²) in [5, 5.41) is 27.2. The molecule has 2 rings (SSSR count). The van der Waals surface area contributed by atoms with Crippen LogP contribution in [-0.2, 0) is 19.0 Å². The van der Waals surface area contributed by atoms with Gasteiger partial charge in [-0.05, 0) is 61.1 Å². The normalized spacial score (nSPS) is 11.9. The lowest BCUT2D eigenvalue weighted by molar-refractivity contribution is -0.139. The smallest absolute Gasteiger partial charge is 0.419 e. The Balaban J connectivity index is 2.00. The Morgan fingerprint density at radius 3 is 2.17 bits per heavy atom. The molecule has 0 bridgehead atoms. The van der Waals surface area contributed by atoms with Crippen molar-refractivity contribution in [2.45, 2.75) is 37.4 Å². The highest BCUT2D eigenvalue weighted by molar-refractivity contribution is 5.39. The minimum absolute atomic E-state index is 0.114. The molecular formula is C22H25F3N2O3. The number of hydrogen-bond donors (Lipinski definition) is 3. The van der Waals surface area contributed by atoms with E-state index in [0.717, 1.165) is 11.6 Å². The van der Waals surface area contributed by atoms with Gasteiger partial charge in [-0.1, -0.05) is 18.2 Å². The average molecular weight is 422 g/mol. The molecule has 0 aliphatic heterocycles. The van der Waals surface area contributed by atoms with Crippen LogP contribution in [0.15, 0.2) is 42.5 Å². The molecule has 5 nitrogen and oxygen atoms in total. The van der Waals surface area contributed by atoms with E-state index < -0.39 is 30.5 Å². The number of alkyl halides is 3. The van der Waals surface area contributed by atoms with Crippen LogP contribution in [0.5, 0.6) is 5.75 Å². The molecule has 0 aliphatic carbocycles. The number of nitriles is 1. The zero-order valence-electron chi connectivity index (χ0n) is 16.5. The highest BCUT2D eigenvalue weighted by Crippen LogP contribution is 2.37. The topological polar surface area (TPSA) is 99.5 Å². The van der Waals surface area contributed by atoms with E-state index in [9.17, 15) is 23.4 Å². The van der Waals surface area contributed by atoms with Gasteiger partial charge in [-0.15, -0.1) is 0 Å². The second-order valence-electron chi connectivity index (χ2n) is 7.27. The summed E-state index contributed by atoms with van der Waals surface area (Å²) in [6.45, 7) is -0.810. The number of aryl methyl sites for hydroxylation is 2. The van der Waals surface area contributed by atoms with Crippen molar-refractivity contribution in [1.82, 2.24) is 0 Å². The Labute approximate surface area is 173 Å². The number of aliphatic hydroxyl groups is 2. The first-order valence-corrected chi connectivity index (χ1v) is 9.53. The Morgan fingerprint density at radius 2 is 1.60 bits per heavy atom. The number of halogens is 3. The zero-order valence-corrected chi connectivity index (χ0v) is 16.5. The van der Waals surface area contributed by atoms with Gasteiger partial charge in [-0.25, -0.2) is 0 Å². The van der Waals surface area contributed by atoms with Gasteiger partial charge >= 0.3 is 6.18 Å². The molecular weight excluding hydrogens is 397 g/mol. The van der Waals surface area contributed by atoms with Crippen molar-refractivity contribution in [2.24, 2.45) is 5.73 Å². The SMILES string of the molecule is N#Cc1ccc(CCCOc2ccc(CCC(N)(CO)CO)cc2C(F)(F)F)cc1. The summed E-state index contributed by atoms with van der Waals surface area (Å²) in [6.07, 6.45) is -3.12. The van der Waals surface area contributed by atoms with Gasteiger partial charge in [0.15, 0.2) is 0 Å². The van der Waals surface area contributed by atoms with Crippen molar-refractivity contribution >= 4 is 0 Å². The standard InChI is InChI=1S/C22H25F3N2O3/c23-22(24,25)19-12-17(9-10-21(27,14-28)15-29)7-8-20(19)30-11-1-2-16-3-5-18(13-26)6-4-16/h3-8,12,28-29H,1-2,9-11,14-15,27H2. The van der Waals surface area contributed by atoms with Gasteiger partial charge in [0.1, 0.15) is 5.75 Å². The van der Waals surface area contributed by atoms with Crippen molar-refractivity contribution < 1.29 is 28.1 Å². The highest BCUT2D eigenvalue weighted by Gasteiger charge is 2.35. The first-order valence-electron chi connectivity index (χ1n) is 9.53. The van der Waals surface area contributed by atoms with Crippen LogP contribution >= 0.6 is 0 Å². The number of benzene rings is 2. The molecule has 0 spiro atoms. The van der Waals surface area contributed by atoms with Crippen LogP contribution in [0.2, 0.25) is 0 Å². The summed E-state index contributed by atoms with van der Waals surface area (Å²) in [4.78, 5) is 0. The number of ether oxygens (including phenoxy) is 1.